The van der Waals surface area contributed by atoms with Crippen LogP contribution in [0.1, 0.15) is 23.1 Å². The lowest BCUT2D eigenvalue weighted by Gasteiger charge is -2.14. The van der Waals surface area contributed by atoms with Gasteiger partial charge in [0.1, 0.15) is 11.3 Å². The Balaban J connectivity index is 2.23. The molecule has 1 N–H and O–H groups in total. The molecule has 0 aromatic heterocycles. The molecule has 2 aromatic rings. The van der Waals surface area contributed by atoms with E-state index in [1.807, 2.05) is 13.0 Å². The van der Waals surface area contributed by atoms with Crippen LogP contribution in [0.2, 0.25) is 0 Å². The zero-order chi connectivity index (χ0) is 19.6. The van der Waals surface area contributed by atoms with Gasteiger partial charge in [0.05, 0.1) is 0 Å². The Morgan fingerprint density at radius 1 is 1.00 bits per heavy atom. The molecule has 0 spiro atoms. The third-order valence-electron chi connectivity index (χ3n) is 3.53. The van der Waals surface area contributed by atoms with Gasteiger partial charge in [0.2, 0.25) is 5.91 Å². The number of halogens is 7. The van der Waals surface area contributed by atoms with E-state index in [0.717, 1.165) is 11.1 Å². The van der Waals surface area contributed by atoms with Crippen LogP contribution in [0.5, 0.6) is 0 Å². The molecular formula is C17H12F7NO. The number of aryl methyl sites for hydroxylation is 2. The lowest BCUT2D eigenvalue weighted by atomic mass is 10.1. The Morgan fingerprint density at radius 2 is 1.58 bits per heavy atom. The lowest BCUT2D eigenvalue weighted by Crippen LogP contribution is -2.20. The molecule has 1 amide bonds. The SMILES string of the molecule is Cc1cccc(CCC(=O)Nc2c(F)c(F)c(C(F)(F)F)c(F)c2F)c1. The quantitative estimate of drug-likeness (QED) is 0.578. The summed E-state index contributed by atoms with van der Waals surface area (Å²) in [5.74, 6) is -10.9. The Bertz CT molecular complexity index is 817. The number of anilines is 1. The minimum Gasteiger partial charge on any atom is -0.321 e. The fourth-order valence-corrected chi connectivity index (χ4v) is 2.32. The summed E-state index contributed by atoms with van der Waals surface area (Å²) in [5, 5.41) is 1.59. The highest BCUT2D eigenvalue weighted by molar-refractivity contribution is 5.91. The van der Waals surface area contributed by atoms with Crippen LogP contribution in [-0.2, 0) is 17.4 Å². The molecule has 0 bridgehead atoms. The van der Waals surface area contributed by atoms with Crippen molar-refractivity contribution in [3.8, 4) is 0 Å². The fourth-order valence-electron chi connectivity index (χ4n) is 2.32. The molecule has 2 rings (SSSR count). The average molecular weight is 379 g/mol. The van der Waals surface area contributed by atoms with Crippen molar-refractivity contribution in [2.24, 2.45) is 0 Å². The summed E-state index contributed by atoms with van der Waals surface area (Å²) in [7, 11) is 0. The molecule has 0 saturated carbocycles. The van der Waals surface area contributed by atoms with E-state index in [2.05, 4.69) is 0 Å². The minimum atomic E-state index is -5.64. The number of hydrogen-bond donors (Lipinski definition) is 1. The molecule has 0 aliphatic heterocycles. The number of carbonyl (C=O) groups is 1. The molecule has 2 aromatic carbocycles. The van der Waals surface area contributed by atoms with Crippen molar-refractivity contribution in [2.45, 2.75) is 25.9 Å². The lowest BCUT2D eigenvalue weighted by molar-refractivity contribution is -0.143. The third-order valence-corrected chi connectivity index (χ3v) is 3.53. The van der Waals surface area contributed by atoms with E-state index >= 15 is 0 Å². The van der Waals surface area contributed by atoms with E-state index in [4.69, 9.17) is 0 Å². The zero-order valence-corrected chi connectivity index (χ0v) is 13.3. The Labute approximate surface area is 143 Å². The summed E-state index contributed by atoms with van der Waals surface area (Å²) in [5.41, 5.74) is -2.65. The molecular weight excluding hydrogens is 367 g/mol. The number of rotatable bonds is 4. The number of benzene rings is 2. The number of amides is 1. The standard InChI is InChI=1S/C17H12F7NO/c1-8-3-2-4-9(7-8)5-6-10(26)25-16-14(20)12(18)11(17(22,23)24)13(19)15(16)21/h2-4,7H,5-6H2,1H3,(H,25,26). The number of carbonyl (C=O) groups excluding carboxylic acids is 1. The van der Waals surface area contributed by atoms with Gasteiger partial charge < -0.3 is 5.32 Å². The fraction of sp³-hybridized carbons (Fsp3) is 0.235. The molecule has 0 aliphatic rings. The van der Waals surface area contributed by atoms with Crippen LogP contribution in [0, 0.1) is 30.2 Å². The number of hydrogen-bond acceptors (Lipinski definition) is 1. The van der Waals surface area contributed by atoms with Crippen molar-refractivity contribution < 1.29 is 35.5 Å². The van der Waals surface area contributed by atoms with Crippen molar-refractivity contribution in [3.63, 3.8) is 0 Å². The van der Waals surface area contributed by atoms with Crippen molar-refractivity contribution in [1.29, 1.82) is 0 Å². The van der Waals surface area contributed by atoms with Crippen LogP contribution < -0.4 is 5.32 Å². The van der Waals surface area contributed by atoms with Crippen molar-refractivity contribution >= 4 is 11.6 Å². The molecule has 0 saturated heterocycles. The van der Waals surface area contributed by atoms with Crippen LogP contribution in [0.15, 0.2) is 24.3 Å². The Kier molecular flexibility index (Phi) is 5.58. The maximum Gasteiger partial charge on any atom is 0.422 e. The predicted octanol–water partition coefficient (Wildman–Crippen LogP) is 5.14. The highest BCUT2D eigenvalue weighted by Gasteiger charge is 2.42. The van der Waals surface area contributed by atoms with Gasteiger partial charge in [-0.05, 0) is 18.9 Å². The molecule has 26 heavy (non-hydrogen) atoms. The maximum atomic E-state index is 13.7. The van der Waals surface area contributed by atoms with Crippen LogP contribution in [-0.4, -0.2) is 5.91 Å². The van der Waals surface area contributed by atoms with Crippen LogP contribution >= 0.6 is 0 Å². The first kappa shape index (κ1) is 19.7. The van der Waals surface area contributed by atoms with Crippen molar-refractivity contribution in [2.75, 3.05) is 5.32 Å². The monoisotopic (exact) mass is 379 g/mol. The molecule has 0 radical (unpaired) electrons. The summed E-state index contributed by atoms with van der Waals surface area (Å²) in [6.07, 6.45) is -5.78. The zero-order valence-electron chi connectivity index (χ0n) is 13.3. The van der Waals surface area contributed by atoms with Gasteiger partial charge in [0.25, 0.3) is 0 Å². The molecule has 140 valence electrons. The van der Waals surface area contributed by atoms with Crippen LogP contribution in [0.25, 0.3) is 0 Å². The van der Waals surface area contributed by atoms with Gasteiger partial charge in [-0.25, -0.2) is 17.6 Å². The van der Waals surface area contributed by atoms with Gasteiger partial charge in [-0.3, -0.25) is 4.79 Å². The van der Waals surface area contributed by atoms with Gasteiger partial charge in [0.15, 0.2) is 23.3 Å². The smallest absolute Gasteiger partial charge is 0.321 e. The Morgan fingerprint density at radius 3 is 2.08 bits per heavy atom. The maximum absolute atomic E-state index is 13.7. The largest absolute Gasteiger partial charge is 0.422 e. The summed E-state index contributed by atoms with van der Waals surface area (Å²) < 4.78 is 91.9. The second kappa shape index (κ2) is 7.35. The second-order valence-electron chi connectivity index (χ2n) is 5.54. The summed E-state index contributed by atoms with van der Waals surface area (Å²) in [4.78, 5) is 11.8. The number of alkyl halides is 3. The summed E-state index contributed by atoms with van der Waals surface area (Å²) in [6, 6.07) is 6.98. The summed E-state index contributed by atoms with van der Waals surface area (Å²) >= 11 is 0. The van der Waals surface area contributed by atoms with Crippen molar-refractivity contribution in [3.05, 3.63) is 64.2 Å². The van der Waals surface area contributed by atoms with E-state index in [-0.39, 0.29) is 12.8 Å². The van der Waals surface area contributed by atoms with Gasteiger partial charge >= 0.3 is 6.18 Å². The second-order valence-corrected chi connectivity index (χ2v) is 5.54. The Hall–Kier alpha value is -2.58. The highest BCUT2D eigenvalue weighted by Crippen LogP contribution is 2.38. The molecule has 2 nitrogen and oxygen atoms in total. The van der Waals surface area contributed by atoms with Gasteiger partial charge in [-0.2, -0.15) is 13.2 Å². The van der Waals surface area contributed by atoms with E-state index < -0.39 is 46.6 Å². The predicted molar refractivity (Wildman–Crippen MR) is 79.4 cm³/mol. The average Bonchev–Trinajstić information content (AvgIpc) is 2.54. The van der Waals surface area contributed by atoms with E-state index in [1.54, 1.807) is 23.5 Å². The first-order valence-corrected chi connectivity index (χ1v) is 7.31. The van der Waals surface area contributed by atoms with Crippen molar-refractivity contribution in [1.82, 2.24) is 0 Å². The van der Waals surface area contributed by atoms with E-state index in [0.29, 0.717) is 0 Å². The molecule has 0 heterocycles. The molecule has 0 unspecified atom stereocenters. The molecule has 9 heteroatoms. The van der Waals surface area contributed by atoms with Gasteiger partial charge in [0, 0.05) is 6.42 Å². The minimum absolute atomic E-state index is 0.155. The van der Waals surface area contributed by atoms with Crippen LogP contribution in [0.4, 0.5) is 36.4 Å². The number of nitrogens with one attached hydrogen (secondary N) is 1. The first-order valence-electron chi connectivity index (χ1n) is 7.31. The third kappa shape index (κ3) is 4.14. The van der Waals surface area contributed by atoms with E-state index in [1.165, 1.54) is 0 Å². The topological polar surface area (TPSA) is 29.1 Å². The van der Waals surface area contributed by atoms with E-state index in [9.17, 15) is 35.5 Å². The first-order chi connectivity index (χ1) is 12.0. The highest BCUT2D eigenvalue weighted by atomic mass is 19.4. The van der Waals surface area contributed by atoms with Crippen LogP contribution in [0.3, 0.4) is 0 Å². The normalized spacial score (nSPS) is 11.5. The summed E-state index contributed by atoms with van der Waals surface area (Å²) in [6.45, 7) is 1.81. The molecule has 0 aliphatic carbocycles. The van der Waals surface area contributed by atoms with Gasteiger partial charge in [-0.1, -0.05) is 29.8 Å². The molecule has 0 atom stereocenters. The molecule has 0 fully saturated rings. The van der Waals surface area contributed by atoms with Gasteiger partial charge in [-0.15, -0.1) is 0 Å².